The van der Waals surface area contributed by atoms with E-state index in [0.29, 0.717) is 12.3 Å². The maximum absolute atomic E-state index is 9.75. The lowest BCUT2D eigenvalue weighted by atomic mass is 10.1. The summed E-state index contributed by atoms with van der Waals surface area (Å²) < 4.78 is 4.99. The van der Waals surface area contributed by atoms with Gasteiger partial charge in [0.25, 0.3) is 0 Å². The summed E-state index contributed by atoms with van der Waals surface area (Å²) in [6.45, 7) is 2.45. The minimum Gasteiger partial charge on any atom is -0.504 e. The molecule has 0 aromatic heterocycles. The van der Waals surface area contributed by atoms with Crippen LogP contribution in [0.5, 0.6) is 11.5 Å². The van der Waals surface area contributed by atoms with Crippen molar-refractivity contribution < 1.29 is 14.9 Å². The molecule has 1 atom stereocenters. The van der Waals surface area contributed by atoms with Gasteiger partial charge < -0.3 is 20.3 Å². The molecule has 0 bridgehead atoms. The fourth-order valence-electron chi connectivity index (χ4n) is 1.22. The Morgan fingerprint density at radius 2 is 2.20 bits per heavy atom. The molecule has 0 unspecified atom stereocenters. The zero-order valence-electron chi connectivity index (χ0n) is 9.03. The van der Waals surface area contributed by atoms with Crippen LogP contribution in [-0.4, -0.2) is 30.0 Å². The van der Waals surface area contributed by atoms with Crippen molar-refractivity contribution in [1.82, 2.24) is 5.32 Å². The molecular weight excluding hydrogens is 194 g/mol. The van der Waals surface area contributed by atoms with Gasteiger partial charge in [-0.25, -0.2) is 0 Å². The number of aliphatic hydroxyl groups excluding tert-OH is 1. The molecule has 0 radical (unpaired) electrons. The van der Waals surface area contributed by atoms with Gasteiger partial charge in [-0.2, -0.15) is 0 Å². The second-order valence-electron chi connectivity index (χ2n) is 3.43. The van der Waals surface area contributed by atoms with Crippen molar-refractivity contribution in [3.8, 4) is 11.5 Å². The van der Waals surface area contributed by atoms with Gasteiger partial charge in [-0.05, 0) is 13.0 Å². The molecule has 15 heavy (non-hydrogen) atoms. The Morgan fingerprint density at radius 1 is 1.47 bits per heavy atom. The Kier molecular flexibility index (Phi) is 4.39. The molecule has 0 saturated carbocycles. The number of phenols is 1. The smallest absolute Gasteiger partial charge is 0.162 e. The predicted octanol–water partition coefficient (Wildman–Crippen LogP) is 0.871. The van der Waals surface area contributed by atoms with Gasteiger partial charge in [-0.15, -0.1) is 0 Å². The normalized spacial score (nSPS) is 12.5. The molecule has 1 rings (SSSR count). The number of nitrogens with one attached hydrogen (secondary N) is 1. The molecule has 0 aliphatic heterocycles. The Labute approximate surface area is 89.5 Å². The molecule has 0 fully saturated rings. The van der Waals surface area contributed by atoms with Crippen LogP contribution >= 0.6 is 0 Å². The van der Waals surface area contributed by atoms with Crippen molar-refractivity contribution in [1.29, 1.82) is 0 Å². The highest BCUT2D eigenvalue weighted by Gasteiger charge is 2.07. The lowest BCUT2D eigenvalue weighted by molar-refractivity contribution is 0.250. The number of para-hydroxylation sites is 1. The van der Waals surface area contributed by atoms with E-state index in [4.69, 9.17) is 9.84 Å². The summed E-state index contributed by atoms with van der Waals surface area (Å²) >= 11 is 0. The van der Waals surface area contributed by atoms with Crippen LogP contribution in [-0.2, 0) is 6.54 Å². The van der Waals surface area contributed by atoms with Gasteiger partial charge in [0.15, 0.2) is 11.5 Å². The van der Waals surface area contributed by atoms with Crippen LogP contribution in [0.25, 0.3) is 0 Å². The van der Waals surface area contributed by atoms with Gasteiger partial charge in [0.2, 0.25) is 0 Å². The highest BCUT2D eigenvalue weighted by molar-refractivity contribution is 5.45. The number of benzene rings is 1. The van der Waals surface area contributed by atoms with Gasteiger partial charge in [-0.3, -0.25) is 0 Å². The number of ether oxygens (including phenoxy) is 1. The Balaban J connectivity index is 2.68. The van der Waals surface area contributed by atoms with E-state index in [1.807, 2.05) is 19.1 Å². The van der Waals surface area contributed by atoms with E-state index in [-0.39, 0.29) is 18.4 Å². The van der Waals surface area contributed by atoms with Crippen LogP contribution in [0.1, 0.15) is 12.5 Å². The largest absolute Gasteiger partial charge is 0.504 e. The Hall–Kier alpha value is -1.26. The molecule has 0 amide bonds. The lowest BCUT2D eigenvalue weighted by Gasteiger charge is -2.12. The second kappa shape index (κ2) is 5.58. The van der Waals surface area contributed by atoms with Crippen molar-refractivity contribution >= 4 is 0 Å². The fourth-order valence-corrected chi connectivity index (χ4v) is 1.22. The zero-order valence-corrected chi connectivity index (χ0v) is 9.03. The third-order valence-corrected chi connectivity index (χ3v) is 2.22. The quantitative estimate of drug-likeness (QED) is 0.676. The van der Waals surface area contributed by atoms with Crippen LogP contribution in [0.4, 0.5) is 0 Å². The summed E-state index contributed by atoms with van der Waals surface area (Å²) in [5, 5.41) is 21.7. The Morgan fingerprint density at radius 3 is 2.80 bits per heavy atom. The van der Waals surface area contributed by atoms with E-state index in [1.54, 1.807) is 6.07 Å². The first-order valence-electron chi connectivity index (χ1n) is 4.88. The fraction of sp³-hybridized carbons (Fsp3) is 0.455. The molecule has 0 heterocycles. The van der Waals surface area contributed by atoms with E-state index in [1.165, 1.54) is 7.11 Å². The van der Waals surface area contributed by atoms with Gasteiger partial charge in [0, 0.05) is 18.2 Å². The summed E-state index contributed by atoms with van der Waals surface area (Å²) in [7, 11) is 1.52. The molecular formula is C11H17NO3. The van der Waals surface area contributed by atoms with Crippen molar-refractivity contribution in [3.63, 3.8) is 0 Å². The zero-order chi connectivity index (χ0) is 11.3. The van der Waals surface area contributed by atoms with Crippen LogP contribution < -0.4 is 10.1 Å². The third-order valence-electron chi connectivity index (χ3n) is 2.22. The average Bonchev–Trinajstić information content (AvgIpc) is 2.27. The number of aromatic hydroxyl groups is 1. The molecule has 4 heteroatoms. The molecule has 3 N–H and O–H groups in total. The van der Waals surface area contributed by atoms with Crippen molar-refractivity contribution in [2.24, 2.45) is 0 Å². The van der Waals surface area contributed by atoms with Crippen LogP contribution in [0, 0.1) is 0 Å². The monoisotopic (exact) mass is 211 g/mol. The van der Waals surface area contributed by atoms with Gasteiger partial charge in [0.05, 0.1) is 13.7 Å². The molecule has 84 valence electrons. The third kappa shape index (κ3) is 3.11. The van der Waals surface area contributed by atoms with Gasteiger partial charge in [0.1, 0.15) is 0 Å². The van der Waals surface area contributed by atoms with E-state index in [2.05, 4.69) is 5.32 Å². The lowest BCUT2D eigenvalue weighted by Crippen LogP contribution is -2.28. The minimum atomic E-state index is 0.00982. The van der Waals surface area contributed by atoms with Gasteiger partial charge >= 0.3 is 0 Å². The summed E-state index contributed by atoms with van der Waals surface area (Å²) in [4.78, 5) is 0. The molecule has 4 nitrogen and oxygen atoms in total. The van der Waals surface area contributed by atoms with Gasteiger partial charge in [-0.1, -0.05) is 12.1 Å². The van der Waals surface area contributed by atoms with Crippen molar-refractivity contribution in [2.75, 3.05) is 13.7 Å². The number of methoxy groups -OCH3 is 1. The molecule has 0 aliphatic carbocycles. The first-order chi connectivity index (χ1) is 7.19. The maximum atomic E-state index is 9.75. The summed E-state index contributed by atoms with van der Waals surface area (Å²) in [6.07, 6.45) is 0. The number of aliphatic hydroxyl groups is 1. The number of rotatable bonds is 5. The molecule has 0 aliphatic rings. The SMILES string of the molecule is COc1cccc(CN[C@H](C)CO)c1O. The molecule has 1 aromatic rings. The standard InChI is InChI=1S/C11H17NO3/c1-8(7-13)12-6-9-4-3-5-10(15-2)11(9)14/h3-5,8,12-14H,6-7H2,1-2H3/t8-/m1/s1. The average molecular weight is 211 g/mol. The summed E-state index contributed by atoms with van der Waals surface area (Å²) in [6, 6.07) is 5.35. The topological polar surface area (TPSA) is 61.7 Å². The number of hydrogen-bond acceptors (Lipinski definition) is 4. The van der Waals surface area contributed by atoms with E-state index < -0.39 is 0 Å². The molecule has 1 aromatic carbocycles. The van der Waals surface area contributed by atoms with Crippen molar-refractivity contribution in [2.45, 2.75) is 19.5 Å². The van der Waals surface area contributed by atoms with Crippen LogP contribution in [0.2, 0.25) is 0 Å². The highest BCUT2D eigenvalue weighted by atomic mass is 16.5. The molecule has 0 saturated heterocycles. The van der Waals surface area contributed by atoms with Crippen LogP contribution in [0.15, 0.2) is 18.2 Å². The Bertz CT molecular complexity index is 315. The predicted molar refractivity (Wildman–Crippen MR) is 58.0 cm³/mol. The van der Waals surface area contributed by atoms with Crippen LogP contribution in [0.3, 0.4) is 0 Å². The van der Waals surface area contributed by atoms with Crippen molar-refractivity contribution in [3.05, 3.63) is 23.8 Å². The number of phenolic OH excluding ortho intramolecular Hbond substituents is 1. The summed E-state index contributed by atoms with van der Waals surface area (Å²) in [5.74, 6) is 0.614. The van der Waals surface area contributed by atoms with E-state index >= 15 is 0 Å². The first kappa shape index (κ1) is 11.8. The minimum absolute atomic E-state index is 0.00982. The van der Waals surface area contributed by atoms with E-state index in [0.717, 1.165) is 5.56 Å². The van der Waals surface area contributed by atoms with E-state index in [9.17, 15) is 5.11 Å². The highest BCUT2D eigenvalue weighted by Crippen LogP contribution is 2.29. The number of hydrogen-bond donors (Lipinski definition) is 3. The summed E-state index contributed by atoms with van der Waals surface area (Å²) in [5.41, 5.74) is 0.759. The first-order valence-corrected chi connectivity index (χ1v) is 4.88. The maximum Gasteiger partial charge on any atom is 0.162 e. The molecule has 0 spiro atoms. The second-order valence-corrected chi connectivity index (χ2v) is 3.43.